The van der Waals surface area contributed by atoms with Crippen LogP contribution in [0.3, 0.4) is 0 Å². The normalized spacial score (nSPS) is 13.4. The fraction of sp³-hybridized carbons (Fsp3) is 0.545. The van der Waals surface area contributed by atoms with Gasteiger partial charge in [0.1, 0.15) is 11.1 Å². The van der Waals surface area contributed by atoms with E-state index in [0.717, 1.165) is 6.42 Å². The van der Waals surface area contributed by atoms with Crippen molar-refractivity contribution in [1.29, 1.82) is 0 Å². The van der Waals surface area contributed by atoms with Crippen LogP contribution in [0.25, 0.3) is 0 Å². The first-order valence-corrected chi connectivity index (χ1v) is 7.23. The van der Waals surface area contributed by atoms with Crippen molar-refractivity contribution in [3.63, 3.8) is 0 Å². The van der Waals surface area contributed by atoms with E-state index in [1.54, 1.807) is 19.3 Å². The summed E-state index contributed by atoms with van der Waals surface area (Å²) in [6, 6.07) is 1.95. The van der Waals surface area contributed by atoms with E-state index in [4.69, 9.17) is 5.11 Å². The third-order valence-corrected chi connectivity index (χ3v) is 4.18. The number of sulfonamides is 1. The molecule has 0 aliphatic heterocycles. The second-order valence-electron chi connectivity index (χ2n) is 4.11. The zero-order chi connectivity index (χ0) is 13.8. The zero-order valence-corrected chi connectivity index (χ0v) is 11.3. The highest BCUT2D eigenvalue weighted by molar-refractivity contribution is 7.89. The molecule has 0 radical (unpaired) electrons. The number of hydrogen-bond donors (Lipinski definition) is 2. The van der Waals surface area contributed by atoms with E-state index in [1.165, 1.54) is 10.6 Å². The van der Waals surface area contributed by atoms with E-state index in [-0.39, 0.29) is 11.4 Å². The van der Waals surface area contributed by atoms with Gasteiger partial charge in [-0.2, -0.15) is 4.72 Å². The Labute approximate surface area is 107 Å². The SMILES string of the molecule is CCCC[C@H](NS(=O)(=O)c1cccn1C)C(=O)O. The second-order valence-corrected chi connectivity index (χ2v) is 5.77. The van der Waals surface area contributed by atoms with Crippen LogP contribution in [0.4, 0.5) is 0 Å². The molecule has 1 atom stereocenters. The summed E-state index contributed by atoms with van der Waals surface area (Å²) in [7, 11) is -2.20. The minimum Gasteiger partial charge on any atom is -0.480 e. The largest absolute Gasteiger partial charge is 0.480 e. The number of nitrogens with zero attached hydrogens (tertiary/aromatic N) is 1. The first kappa shape index (κ1) is 14.7. The van der Waals surface area contributed by atoms with E-state index < -0.39 is 22.0 Å². The summed E-state index contributed by atoms with van der Waals surface area (Å²) in [4.78, 5) is 11.0. The number of carboxylic acids is 1. The van der Waals surface area contributed by atoms with Crippen molar-refractivity contribution in [3.8, 4) is 0 Å². The molecule has 0 aliphatic rings. The second kappa shape index (κ2) is 6.01. The summed E-state index contributed by atoms with van der Waals surface area (Å²) in [5.74, 6) is -1.15. The Balaban J connectivity index is 2.86. The molecule has 0 amide bonds. The Hall–Kier alpha value is -1.34. The highest BCUT2D eigenvalue weighted by Gasteiger charge is 2.26. The Morgan fingerprint density at radius 2 is 2.22 bits per heavy atom. The topological polar surface area (TPSA) is 88.4 Å². The minimum atomic E-state index is -3.79. The number of aryl methyl sites for hydroxylation is 1. The number of carbonyl (C=O) groups is 1. The number of aliphatic carboxylic acids is 1. The summed E-state index contributed by atoms with van der Waals surface area (Å²) in [6.45, 7) is 1.92. The van der Waals surface area contributed by atoms with Crippen LogP contribution in [0.1, 0.15) is 26.2 Å². The molecule has 0 spiro atoms. The molecule has 0 saturated heterocycles. The average molecular weight is 274 g/mol. The zero-order valence-electron chi connectivity index (χ0n) is 10.5. The Morgan fingerprint density at radius 3 is 2.67 bits per heavy atom. The number of hydrogen-bond acceptors (Lipinski definition) is 3. The van der Waals surface area contributed by atoms with E-state index in [9.17, 15) is 13.2 Å². The lowest BCUT2D eigenvalue weighted by molar-refractivity contribution is -0.139. The monoisotopic (exact) mass is 274 g/mol. The minimum absolute atomic E-state index is 0.0604. The molecule has 6 nitrogen and oxygen atoms in total. The molecule has 102 valence electrons. The Morgan fingerprint density at radius 1 is 1.56 bits per heavy atom. The molecule has 0 bridgehead atoms. The summed E-state index contributed by atoms with van der Waals surface area (Å²) in [5.41, 5.74) is 0. The van der Waals surface area contributed by atoms with Crippen LogP contribution < -0.4 is 4.72 Å². The molecule has 1 rings (SSSR count). The lowest BCUT2D eigenvalue weighted by Crippen LogP contribution is -2.41. The quantitative estimate of drug-likeness (QED) is 0.774. The van der Waals surface area contributed by atoms with Crippen LogP contribution in [0.5, 0.6) is 0 Å². The lowest BCUT2D eigenvalue weighted by atomic mass is 10.1. The molecular formula is C11H18N2O4S. The maximum absolute atomic E-state index is 12.0. The van der Waals surface area contributed by atoms with Crippen LogP contribution in [-0.4, -0.2) is 30.1 Å². The number of rotatable bonds is 7. The number of carboxylic acid groups (broad SMARTS) is 1. The highest BCUT2D eigenvalue weighted by Crippen LogP contribution is 2.11. The van der Waals surface area contributed by atoms with E-state index in [2.05, 4.69) is 4.72 Å². The Bertz CT molecular complexity index is 507. The number of aromatic nitrogens is 1. The third kappa shape index (κ3) is 3.58. The molecule has 0 fully saturated rings. The predicted molar refractivity (Wildman–Crippen MR) is 66.7 cm³/mol. The van der Waals surface area contributed by atoms with Crippen LogP contribution in [0.15, 0.2) is 23.4 Å². The smallest absolute Gasteiger partial charge is 0.321 e. The van der Waals surface area contributed by atoms with Crippen LogP contribution in [-0.2, 0) is 21.9 Å². The van der Waals surface area contributed by atoms with Gasteiger partial charge in [-0.05, 0) is 18.6 Å². The number of unbranched alkanes of at least 4 members (excludes halogenated alkanes) is 1. The molecule has 0 aromatic carbocycles. The standard InChI is InChI=1S/C11H18N2O4S/c1-3-4-6-9(11(14)15)12-18(16,17)10-7-5-8-13(10)2/h5,7-9,12H,3-4,6H2,1-2H3,(H,14,15)/t9-/m0/s1. The molecule has 1 aromatic heterocycles. The van der Waals surface area contributed by atoms with Crippen molar-refractivity contribution in [2.75, 3.05) is 0 Å². The molecule has 1 aromatic rings. The molecule has 2 N–H and O–H groups in total. The first-order chi connectivity index (χ1) is 8.38. The fourth-order valence-electron chi connectivity index (χ4n) is 1.61. The average Bonchev–Trinajstić information content (AvgIpc) is 2.71. The van der Waals surface area contributed by atoms with Crippen molar-refractivity contribution >= 4 is 16.0 Å². The van der Waals surface area contributed by atoms with Gasteiger partial charge < -0.3 is 9.67 Å². The van der Waals surface area contributed by atoms with Crippen LogP contribution in [0.2, 0.25) is 0 Å². The maximum atomic E-state index is 12.0. The first-order valence-electron chi connectivity index (χ1n) is 5.75. The van der Waals surface area contributed by atoms with Gasteiger partial charge in [0.2, 0.25) is 0 Å². The summed E-state index contributed by atoms with van der Waals surface area (Å²) in [6.07, 6.45) is 3.36. The molecule has 18 heavy (non-hydrogen) atoms. The molecular weight excluding hydrogens is 256 g/mol. The van der Waals surface area contributed by atoms with Crippen molar-refractivity contribution in [1.82, 2.24) is 9.29 Å². The van der Waals surface area contributed by atoms with Gasteiger partial charge in [-0.1, -0.05) is 19.8 Å². The van der Waals surface area contributed by atoms with Gasteiger partial charge in [-0.15, -0.1) is 0 Å². The summed E-state index contributed by atoms with van der Waals surface area (Å²) < 4.78 is 27.6. The van der Waals surface area contributed by atoms with E-state index in [1.807, 2.05) is 6.92 Å². The van der Waals surface area contributed by atoms with Gasteiger partial charge in [0.15, 0.2) is 0 Å². The molecule has 0 saturated carbocycles. The van der Waals surface area contributed by atoms with Gasteiger partial charge in [0.25, 0.3) is 10.0 Å². The van der Waals surface area contributed by atoms with Crippen molar-refractivity contribution in [2.24, 2.45) is 7.05 Å². The maximum Gasteiger partial charge on any atom is 0.321 e. The van der Waals surface area contributed by atoms with Crippen LogP contribution in [0, 0.1) is 0 Å². The van der Waals surface area contributed by atoms with Gasteiger partial charge in [-0.25, -0.2) is 8.42 Å². The van der Waals surface area contributed by atoms with Crippen molar-refractivity contribution in [3.05, 3.63) is 18.3 Å². The highest BCUT2D eigenvalue weighted by atomic mass is 32.2. The van der Waals surface area contributed by atoms with Crippen molar-refractivity contribution in [2.45, 2.75) is 37.3 Å². The predicted octanol–water partition coefficient (Wildman–Crippen LogP) is 0.947. The van der Waals surface area contributed by atoms with Crippen LogP contribution >= 0.6 is 0 Å². The van der Waals surface area contributed by atoms with Gasteiger partial charge in [-0.3, -0.25) is 4.79 Å². The fourth-order valence-corrected chi connectivity index (χ4v) is 3.03. The molecule has 1 heterocycles. The molecule has 0 unspecified atom stereocenters. The third-order valence-electron chi connectivity index (χ3n) is 2.61. The summed E-state index contributed by atoms with van der Waals surface area (Å²) in [5, 5.41) is 9.06. The van der Waals surface area contributed by atoms with Gasteiger partial charge in [0, 0.05) is 13.2 Å². The van der Waals surface area contributed by atoms with E-state index >= 15 is 0 Å². The molecule has 0 aliphatic carbocycles. The summed E-state index contributed by atoms with van der Waals surface area (Å²) >= 11 is 0. The number of nitrogens with one attached hydrogen (secondary N) is 1. The van der Waals surface area contributed by atoms with E-state index in [0.29, 0.717) is 6.42 Å². The lowest BCUT2D eigenvalue weighted by Gasteiger charge is -2.14. The van der Waals surface area contributed by atoms with Crippen molar-refractivity contribution < 1.29 is 18.3 Å². The molecule has 7 heteroatoms. The van der Waals surface area contributed by atoms with Gasteiger partial charge in [0.05, 0.1) is 0 Å². The Kier molecular flexibility index (Phi) is 4.92. The van der Waals surface area contributed by atoms with Gasteiger partial charge >= 0.3 is 5.97 Å².